The minimum Gasteiger partial charge on any atom is -0.334 e. The van der Waals surface area contributed by atoms with Gasteiger partial charge in [-0.25, -0.2) is 0 Å². The Balaban J connectivity index is 1.93. The van der Waals surface area contributed by atoms with Crippen molar-refractivity contribution < 1.29 is 9.32 Å². The molecule has 0 saturated carbocycles. The third-order valence-corrected chi connectivity index (χ3v) is 3.66. The van der Waals surface area contributed by atoms with E-state index in [2.05, 4.69) is 15.5 Å². The first-order valence-electron chi connectivity index (χ1n) is 6.70. The molecule has 1 N–H and O–H groups in total. The van der Waals surface area contributed by atoms with E-state index in [0.29, 0.717) is 33.6 Å². The van der Waals surface area contributed by atoms with Gasteiger partial charge in [-0.05, 0) is 37.3 Å². The number of benzene rings is 2. The number of anilines is 1. The summed E-state index contributed by atoms with van der Waals surface area (Å²) in [7, 11) is 0. The topological polar surface area (TPSA) is 68.0 Å². The van der Waals surface area contributed by atoms with E-state index < -0.39 is 0 Å². The number of para-hydroxylation sites is 1. The van der Waals surface area contributed by atoms with Gasteiger partial charge in [0.2, 0.25) is 0 Å². The number of aryl methyl sites for hydroxylation is 1. The monoisotopic (exact) mass is 347 g/mol. The molecule has 0 aliphatic heterocycles. The van der Waals surface area contributed by atoms with E-state index >= 15 is 0 Å². The number of hydrogen-bond donors (Lipinski definition) is 1. The normalized spacial score (nSPS) is 10.6. The highest BCUT2D eigenvalue weighted by atomic mass is 35.5. The van der Waals surface area contributed by atoms with Gasteiger partial charge in [0.15, 0.2) is 5.82 Å². The van der Waals surface area contributed by atoms with Gasteiger partial charge in [0, 0.05) is 5.02 Å². The minimum absolute atomic E-state index is 0.279. The number of halogens is 2. The second-order valence-electron chi connectivity index (χ2n) is 4.77. The Labute approximate surface area is 142 Å². The zero-order chi connectivity index (χ0) is 16.4. The largest absolute Gasteiger partial charge is 0.334 e. The molecular weight excluding hydrogens is 337 g/mol. The summed E-state index contributed by atoms with van der Waals surface area (Å²) in [5.74, 6) is 0.498. The molecule has 1 heterocycles. The predicted molar refractivity (Wildman–Crippen MR) is 88.9 cm³/mol. The van der Waals surface area contributed by atoms with Gasteiger partial charge in [-0.15, -0.1) is 0 Å². The number of rotatable bonds is 3. The predicted octanol–water partition coefficient (Wildman–Crippen LogP) is 4.60. The molecule has 0 saturated heterocycles. The fourth-order valence-electron chi connectivity index (χ4n) is 2.05. The van der Waals surface area contributed by atoms with Crippen molar-refractivity contribution in [3.63, 3.8) is 0 Å². The van der Waals surface area contributed by atoms with Crippen LogP contribution in [0.15, 0.2) is 47.0 Å². The fourth-order valence-corrected chi connectivity index (χ4v) is 2.54. The zero-order valence-corrected chi connectivity index (χ0v) is 13.5. The molecular formula is C16H11Cl2N3O2. The molecule has 0 radical (unpaired) electrons. The van der Waals surface area contributed by atoms with Crippen LogP contribution >= 0.6 is 23.2 Å². The van der Waals surface area contributed by atoms with Crippen molar-refractivity contribution in [2.24, 2.45) is 0 Å². The van der Waals surface area contributed by atoms with Gasteiger partial charge in [0.05, 0.1) is 21.8 Å². The standard InChI is InChI=1S/C16H11Cl2N3O2/c1-9-19-16(23-21-9)12-4-2-3-5-14(12)20-15(22)11-7-6-10(17)8-13(11)18/h2-8H,1H3,(H,20,22). The van der Waals surface area contributed by atoms with Crippen LogP contribution in [-0.4, -0.2) is 16.0 Å². The van der Waals surface area contributed by atoms with Gasteiger partial charge in [0.1, 0.15) is 0 Å². The van der Waals surface area contributed by atoms with Crippen LogP contribution in [0.4, 0.5) is 5.69 Å². The molecule has 0 fully saturated rings. The summed E-state index contributed by atoms with van der Waals surface area (Å²) in [6, 6.07) is 11.8. The number of carbonyl (C=O) groups excluding carboxylic acids is 1. The number of aromatic nitrogens is 2. The SMILES string of the molecule is Cc1noc(-c2ccccc2NC(=O)c2ccc(Cl)cc2Cl)n1. The van der Waals surface area contributed by atoms with Crippen molar-refractivity contribution in [2.45, 2.75) is 6.92 Å². The van der Waals surface area contributed by atoms with Gasteiger partial charge in [-0.3, -0.25) is 4.79 Å². The average Bonchev–Trinajstić information content (AvgIpc) is 2.94. The number of hydrogen-bond acceptors (Lipinski definition) is 4. The van der Waals surface area contributed by atoms with Gasteiger partial charge in [0.25, 0.3) is 11.8 Å². The molecule has 3 aromatic rings. The number of carbonyl (C=O) groups is 1. The summed E-state index contributed by atoms with van der Waals surface area (Å²) in [6.45, 7) is 1.72. The fraction of sp³-hybridized carbons (Fsp3) is 0.0625. The van der Waals surface area contributed by atoms with Crippen LogP contribution in [0.5, 0.6) is 0 Å². The van der Waals surface area contributed by atoms with Crippen LogP contribution in [0.25, 0.3) is 11.5 Å². The summed E-state index contributed by atoms with van der Waals surface area (Å²) in [5.41, 5.74) is 1.51. The third-order valence-electron chi connectivity index (χ3n) is 3.11. The Hall–Kier alpha value is -2.37. The summed E-state index contributed by atoms with van der Waals surface area (Å²) < 4.78 is 5.16. The molecule has 3 rings (SSSR count). The first kappa shape index (κ1) is 15.5. The van der Waals surface area contributed by atoms with Crippen molar-refractivity contribution in [3.05, 3.63) is 63.9 Å². The summed E-state index contributed by atoms with van der Waals surface area (Å²) in [5, 5.41) is 7.31. The van der Waals surface area contributed by atoms with E-state index in [1.165, 1.54) is 6.07 Å². The molecule has 0 spiro atoms. The molecule has 116 valence electrons. The van der Waals surface area contributed by atoms with Crippen LogP contribution in [0.2, 0.25) is 10.0 Å². The number of amides is 1. The molecule has 5 nitrogen and oxygen atoms in total. The van der Waals surface area contributed by atoms with Crippen molar-refractivity contribution in [3.8, 4) is 11.5 Å². The Morgan fingerprint density at radius 2 is 1.96 bits per heavy atom. The lowest BCUT2D eigenvalue weighted by atomic mass is 10.1. The molecule has 1 aromatic heterocycles. The van der Waals surface area contributed by atoms with Crippen LogP contribution in [-0.2, 0) is 0 Å². The second kappa shape index (κ2) is 6.40. The Kier molecular flexibility index (Phi) is 4.32. The van der Waals surface area contributed by atoms with E-state index in [-0.39, 0.29) is 10.9 Å². The first-order chi connectivity index (χ1) is 11.0. The van der Waals surface area contributed by atoms with E-state index in [1.54, 1.807) is 37.3 Å². The highest BCUT2D eigenvalue weighted by molar-refractivity contribution is 6.37. The Bertz CT molecular complexity index is 877. The molecule has 0 aliphatic carbocycles. The molecule has 0 bridgehead atoms. The highest BCUT2D eigenvalue weighted by Gasteiger charge is 2.16. The van der Waals surface area contributed by atoms with E-state index in [4.69, 9.17) is 27.7 Å². The maximum atomic E-state index is 12.4. The molecule has 0 atom stereocenters. The van der Waals surface area contributed by atoms with Crippen LogP contribution < -0.4 is 5.32 Å². The maximum absolute atomic E-state index is 12.4. The lowest BCUT2D eigenvalue weighted by Crippen LogP contribution is -2.13. The maximum Gasteiger partial charge on any atom is 0.260 e. The van der Waals surface area contributed by atoms with Crippen LogP contribution in [0.1, 0.15) is 16.2 Å². The average molecular weight is 348 g/mol. The van der Waals surface area contributed by atoms with Gasteiger partial charge in [-0.1, -0.05) is 40.5 Å². The van der Waals surface area contributed by atoms with Crippen molar-refractivity contribution in [2.75, 3.05) is 5.32 Å². The zero-order valence-electron chi connectivity index (χ0n) is 12.0. The van der Waals surface area contributed by atoms with Crippen molar-refractivity contribution in [1.29, 1.82) is 0 Å². The van der Waals surface area contributed by atoms with Crippen molar-refractivity contribution >= 4 is 34.8 Å². The van der Waals surface area contributed by atoms with E-state index in [9.17, 15) is 4.79 Å². The van der Waals surface area contributed by atoms with Crippen LogP contribution in [0.3, 0.4) is 0 Å². The third kappa shape index (κ3) is 3.36. The highest BCUT2D eigenvalue weighted by Crippen LogP contribution is 2.28. The molecule has 23 heavy (non-hydrogen) atoms. The van der Waals surface area contributed by atoms with Gasteiger partial charge < -0.3 is 9.84 Å². The van der Waals surface area contributed by atoms with Gasteiger partial charge in [-0.2, -0.15) is 4.98 Å². The smallest absolute Gasteiger partial charge is 0.260 e. The van der Waals surface area contributed by atoms with Crippen molar-refractivity contribution in [1.82, 2.24) is 10.1 Å². The Morgan fingerprint density at radius 3 is 2.65 bits per heavy atom. The molecule has 1 amide bonds. The van der Waals surface area contributed by atoms with E-state index in [1.807, 2.05) is 6.07 Å². The first-order valence-corrected chi connectivity index (χ1v) is 7.46. The quantitative estimate of drug-likeness (QED) is 0.751. The lowest BCUT2D eigenvalue weighted by Gasteiger charge is -2.09. The van der Waals surface area contributed by atoms with Crippen LogP contribution in [0, 0.1) is 6.92 Å². The molecule has 2 aromatic carbocycles. The molecule has 7 heteroatoms. The van der Waals surface area contributed by atoms with E-state index in [0.717, 1.165) is 0 Å². The minimum atomic E-state index is -0.352. The number of nitrogens with zero attached hydrogens (tertiary/aromatic N) is 2. The summed E-state index contributed by atoms with van der Waals surface area (Å²) in [6.07, 6.45) is 0. The van der Waals surface area contributed by atoms with Gasteiger partial charge >= 0.3 is 0 Å². The summed E-state index contributed by atoms with van der Waals surface area (Å²) in [4.78, 5) is 16.6. The lowest BCUT2D eigenvalue weighted by molar-refractivity contribution is 0.102. The summed E-state index contributed by atoms with van der Waals surface area (Å²) >= 11 is 11.9. The second-order valence-corrected chi connectivity index (χ2v) is 5.61. The Morgan fingerprint density at radius 1 is 1.17 bits per heavy atom. The molecule has 0 unspecified atom stereocenters. The number of nitrogens with one attached hydrogen (secondary N) is 1. The molecule has 0 aliphatic rings.